The molecule has 13 heavy (non-hydrogen) atoms. The van der Waals surface area contributed by atoms with Crippen LogP contribution < -0.4 is 0 Å². The third-order valence-corrected chi connectivity index (χ3v) is 1.86. The van der Waals surface area contributed by atoms with E-state index >= 15 is 0 Å². The van der Waals surface area contributed by atoms with Gasteiger partial charge in [-0.1, -0.05) is 26.5 Å². The summed E-state index contributed by atoms with van der Waals surface area (Å²) in [5, 5.41) is 0. The van der Waals surface area contributed by atoms with Crippen LogP contribution >= 0.6 is 0 Å². The van der Waals surface area contributed by atoms with Gasteiger partial charge in [0.15, 0.2) is 0 Å². The van der Waals surface area contributed by atoms with Crippen molar-refractivity contribution in [2.75, 3.05) is 0 Å². The van der Waals surface area contributed by atoms with Crippen LogP contribution in [0.4, 0.5) is 0 Å². The van der Waals surface area contributed by atoms with Crippen LogP contribution in [-0.4, -0.2) is 9.97 Å². The molecule has 2 heteroatoms. The number of allylic oxidation sites excluding steroid dienone is 1. The molecule has 0 radical (unpaired) electrons. The van der Waals surface area contributed by atoms with Crippen molar-refractivity contribution in [3.8, 4) is 0 Å². The molecule has 1 aromatic heterocycles. The van der Waals surface area contributed by atoms with Gasteiger partial charge in [0.25, 0.3) is 0 Å². The summed E-state index contributed by atoms with van der Waals surface area (Å²) in [6.07, 6.45) is 5.76. The van der Waals surface area contributed by atoms with Crippen molar-refractivity contribution < 1.29 is 0 Å². The van der Waals surface area contributed by atoms with Gasteiger partial charge in [0.05, 0.1) is 11.4 Å². The molecule has 0 aliphatic rings. The lowest BCUT2D eigenvalue weighted by Gasteiger charge is -1.96. The fourth-order valence-electron chi connectivity index (χ4n) is 1.13. The quantitative estimate of drug-likeness (QED) is 0.752. The van der Waals surface area contributed by atoms with E-state index < -0.39 is 0 Å². The number of imidazole rings is 1. The molecule has 1 rings (SSSR count). The Morgan fingerprint density at radius 2 is 2.15 bits per heavy atom. The summed E-state index contributed by atoms with van der Waals surface area (Å²) in [6, 6.07) is 0. The second kappa shape index (κ2) is 4.08. The van der Waals surface area contributed by atoms with Gasteiger partial charge in [0.1, 0.15) is 5.82 Å². The van der Waals surface area contributed by atoms with Crippen molar-refractivity contribution in [1.29, 1.82) is 0 Å². The molecular weight excluding hydrogens is 160 g/mol. The lowest BCUT2D eigenvalue weighted by molar-refractivity contribution is 0.793. The van der Waals surface area contributed by atoms with E-state index in [1.54, 1.807) is 6.08 Å². The molecular formula is C11H16N2. The monoisotopic (exact) mass is 176 g/mol. The molecule has 0 saturated carbocycles. The van der Waals surface area contributed by atoms with Gasteiger partial charge in [-0.05, 0) is 19.1 Å². The van der Waals surface area contributed by atoms with E-state index in [1.165, 1.54) is 0 Å². The fourth-order valence-corrected chi connectivity index (χ4v) is 1.13. The number of hydrogen-bond acceptors (Lipinski definition) is 1. The standard InChI is InChI=1S/C11H16N2/c1-5-7-10-9(6-2)12-11(13-10)8(3)4/h5-8H,2H2,1,3-4H3,(H,12,13)/b7-5-. The molecule has 1 N–H and O–H groups in total. The minimum atomic E-state index is 0.428. The summed E-state index contributed by atoms with van der Waals surface area (Å²) < 4.78 is 0. The molecule has 0 spiro atoms. The molecule has 0 atom stereocenters. The van der Waals surface area contributed by atoms with E-state index in [-0.39, 0.29) is 0 Å². The van der Waals surface area contributed by atoms with Crippen LogP contribution in [0.1, 0.15) is 43.9 Å². The van der Waals surface area contributed by atoms with Crippen LogP contribution in [-0.2, 0) is 0 Å². The minimum absolute atomic E-state index is 0.428. The molecule has 0 unspecified atom stereocenters. The maximum atomic E-state index is 4.46. The number of hydrogen-bond donors (Lipinski definition) is 1. The molecule has 0 saturated heterocycles. The summed E-state index contributed by atoms with van der Waals surface area (Å²) in [6.45, 7) is 9.96. The van der Waals surface area contributed by atoms with Crippen molar-refractivity contribution in [1.82, 2.24) is 9.97 Å². The number of nitrogens with zero attached hydrogens (tertiary/aromatic N) is 1. The zero-order valence-electron chi connectivity index (χ0n) is 8.46. The zero-order chi connectivity index (χ0) is 9.84. The first-order chi connectivity index (χ1) is 6.19. The van der Waals surface area contributed by atoms with Gasteiger partial charge in [-0.3, -0.25) is 0 Å². The van der Waals surface area contributed by atoms with E-state index in [4.69, 9.17) is 0 Å². The van der Waals surface area contributed by atoms with Crippen LogP contribution in [0.15, 0.2) is 12.7 Å². The molecule has 70 valence electrons. The molecule has 0 aliphatic heterocycles. The predicted molar refractivity (Wildman–Crippen MR) is 57.5 cm³/mol. The molecule has 1 heterocycles. The van der Waals surface area contributed by atoms with Gasteiger partial charge in [0.2, 0.25) is 0 Å². The highest BCUT2D eigenvalue weighted by Gasteiger charge is 2.07. The fraction of sp³-hybridized carbons (Fsp3) is 0.364. The molecule has 2 nitrogen and oxygen atoms in total. The molecule has 0 aliphatic carbocycles. The van der Waals surface area contributed by atoms with E-state index in [2.05, 4.69) is 30.4 Å². The van der Waals surface area contributed by atoms with Crippen molar-refractivity contribution in [3.63, 3.8) is 0 Å². The Bertz CT molecular complexity index is 319. The molecule has 0 fully saturated rings. The zero-order valence-corrected chi connectivity index (χ0v) is 8.46. The Hall–Kier alpha value is -1.31. The summed E-state index contributed by atoms with van der Waals surface area (Å²) in [5.74, 6) is 1.45. The molecule has 0 bridgehead atoms. The van der Waals surface area contributed by atoms with Crippen LogP contribution in [0, 0.1) is 0 Å². The average Bonchev–Trinajstić information content (AvgIpc) is 2.48. The molecule has 0 amide bonds. The minimum Gasteiger partial charge on any atom is -0.342 e. The SMILES string of the molecule is C=Cc1[nH]c(C(C)C)nc1/C=C\C. The second-order valence-corrected chi connectivity index (χ2v) is 3.28. The summed E-state index contributed by atoms with van der Waals surface area (Å²) in [5.41, 5.74) is 1.98. The Balaban J connectivity index is 3.11. The van der Waals surface area contributed by atoms with E-state index in [9.17, 15) is 0 Å². The first-order valence-electron chi connectivity index (χ1n) is 4.54. The third kappa shape index (κ3) is 2.08. The lowest BCUT2D eigenvalue weighted by atomic mass is 10.2. The van der Waals surface area contributed by atoms with Crippen molar-refractivity contribution in [2.24, 2.45) is 0 Å². The average molecular weight is 176 g/mol. The third-order valence-electron chi connectivity index (χ3n) is 1.86. The van der Waals surface area contributed by atoms with Gasteiger partial charge in [-0.25, -0.2) is 4.98 Å². The number of rotatable bonds is 3. The largest absolute Gasteiger partial charge is 0.342 e. The number of aromatic nitrogens is 2. The lowest BCUT2D eigenvalue weighted by Crippen LogP contribution is -1.89. The highest BCUT2D eigenvalue weighted by molar-refractivity contribution is 5.58. The van der Waals surface area contributed by atoms with Gasteiger partial charge in [-0.15, -0.1) is 0 Å². The first kappa shape index (κ1) is 9.78. The van der Waals surface area contributed by atoms with Crippen LogP contribution in [0.2, 0.25) is 0 Å². The van der Waals surface area contributed by atoms with Crippen molar-refractivity contribution in [3.05, 3.63) is 29.9 Å². The number of aromatic amines is 1. The van der Waals surface area contributed by atoms with E-state index in [0.717, 1.165) is 17.2 Å². The van der Waals surface area contributed by atoms with Crippen LogP contribution in [0.25, 0.3) is 12.2 Å². The smallest absolute Gasteiger partial charge is 0.109 e. The van der Waals surface area contributed by atoms with E-state index in [1.807, 2.05) is 19.1 Å². The summed E-state index contributed by atoms with van der Waals surface area (Å²) >= 11 is 0. The van der Waals surface area contributed by atoms with Crippen molar-refractivity contribution >= 4 is 12.2 Å². The number of H-pyrrole nitrogens is 1. The Morgan fingerprint density at radius 1 is 1.46 bits per heavy atom. The molecule has 1 aromatic rings. The second-order valence-electron chi connectivity index (χ2n) is 3.28. The van der Waals surface area contributed by atoms with Gasteiger partial charge in [-0.2, -0.15) is 0 Å². The first-order valence-corrected chi connectivity index (χ1v) is 4.54. The maximum Gasteiger partial charge on any atom is 0.109 e. The van der Waals surface area contributed by atoms with Gasteiger partial charge >= 0.3 is 0 Å². The van der Waals surface area contributed by atoms with Crippen LogP contribution in [0.5, 0.6) is 0 Å². The Labute approximate surface area is 79.4 Å². The van der Waals surface area contributed by atoms with Crippen molar-refractivity contribution in [2.45, 2.75) is 26.7 Å². The van der Waals surface area contributed by atoms with E-state index in [0.29, 0.717) is 5.92 Å². The topological polar surface area (TPSA) is 28.7 Å². The maximum absolute atomic E-state index is 4.46. The normalized spacial score (nSPS) is 11.4. The Kier molecular flexibility index (Phi) is 3.07. The summed E-state index contributed by atoms with van der Waals surface area (Å²) in [4.78, 5) is 7.69. The highest BCUT2D eigenvalue weighted by Crippen LogP contribution is 2.15. The van der Waals surface area contributed by atoms with Gasteiger partial charge < -0.3 is 4.98 Å². The summed E-state index contributed by atoms with van der Waals surface area (Å²) in [7, 11) is 0. The Morgan fingerprint density at radius 3 is 2.62 bits per heavy atom. The van der Waals surface area contributed by atoms with Gasteiger partial charge in [0, 0.05) is 5.92 Å². The number of nitrogens with one attached hydrogen (secondary N) is 1. The van der Waals surface area contributed by atoms with Crippen LogP contribution in [0.3, 0.4) is 0 Å². The predicted octanol–water partition coefficient (Wildman–Crippen LogP) is 3.21. The highest BCUT2D eigenvalue weighted by atomic mass is 14.9. The molecule has 0 aromatic carbocycles.